The zero-order valence-corrected chi connectivity index (χ0v) is 31.1. The van der Waals surface area contributed by atoms with E-state index in [1.807, 2.05) is 47.7 Å². The van der Waals surface area contributed by atoms with Crippen LogP contribution in [0, 0.1) is 0 Å². The molecule has 0 N–H and O–H groups in total. The summed E-state index contributed by atoms with van der Waals surface area (Å²) < 4.78 is 2.67. The maximum absolute atomic E-state index is 5.20. The number of hydrogen-bond donors (Lipinski definition) is 0. The molecule has 8 aromatic carbocycles. The van der Waals surface area contributed by atoms with Gasteiger partial charge in [-0.1, -0.05) is 176 Å². The Morgan fingerprint density at radius 2 is 0.839 bits per heavy atom. The Hall–Kier alpha value is -7.01. The van der Waals surface area contributed by atoms with Crippen LogP contribution in [0.3, 0.4) is 0 Å². The minimum Gasteiger partial charge on any atom is -0.208 e. The highest BCUT2D eigenvalue weighted by Crippen LogP contribution is 2.56. The third-order valence-electron chi connectivity index (χ3n) is 11.0. The number of hydrogen-bond acceptors (Lipinski definition) is 4. The largest absolute Gasteiger partial charge is 0.208 e. The fourth-order valence-corrected chi connectivity index (χ4v) is 9.79. The predicted molar refractivity (Wildman–Crippen MR) is 233 cm³/mol. The van der Waals surface area contributed by atoms with Crippen LogP contribution >= 0.6 is 11.3 Å². The number of benzene rings is 8. The second-order valence-corrected chi connectivity index (χ2v) is 15.3. The molecule has 2 heterocycles. The van der Waals surface area contributed by atoms with Gasteiger partial charge in [0.2, 0.25) is 0 Å². The Morgan fingerprint density at radius 1 is 0.357 bits per heavy atom. The summed E-state index contributed by atoms with van der Waals surface area (Å²) in [7, 11) is 0. The van der Waals surface area contributed by atoms with Crippen LogP contribution in [-0.2, 0) is 0 Å². The van der Waals surface area contributed by atoms with Crippen molar-refractivity contribution in [1.82, 2.24) is 15.0 Å². The highest BCUT2D eigenvalue weighted by molar-refractivity contribution is 7.26. The summed E-state index contributed by atoms with van der Waals surface area (Å²) in [4.78, 5) is 15.4. The molecule has 0 bridgehead atoms. The molecule has 10 aromatic rings. The van der Waals surface area contributed by atoms with E-state index in [4.69, 9.17) is 15.0 Å². The second kappa shape index (κ2) is 13.4. The van der Waals surface area contributed by atoms with E-state index in [0.717, 1.165) is 38.9 Å². The van der Waals surface area contributed by atoms with Crippen LogP contribution in [0.1, 0.15) is 22.6 Å². The molecule has 0 radical (unpaired) electrons. The third-order valence-corrected chi connectivity index (χ3v) is 12.2. The fraction of sp³-hybridized carbons (Fsp3) is 0.0192. The highest BCUT2D eigenvalue weighted by atomic mass is 32.1. The van der Waals surface area contributed by atoms with Crippen LogP contribution < -0.4 is 0 Å². The molecule has 11 rings (SSSR count). The summed E-state index contributed by atoms with van der Waals surface area (Å²) in [5.41, 5.74) is 14.1. The first-order valence-corrected chi connectivity index (χ1v) is 19.8. The molecule has 3 nitrogen and oxygen atoms in total. The van der Waals surface area contributed by atoms with Crippen molar-refractivity contribution in [3.05, 3.63) is 211 Å². The van der Waals surface area contributed by atoms with Crippen LogP contribution in [0.5, 0.6) is 0 Å². The molecule has 2 aromatic heterocycles. The highest BCUT2D eigenvalue weighted by Gasteiger charge is 2.35. The summed E-state index contributed by atoms with van der Waals surface area (Å²) in [5, 5.41) is 2.64. The van der Waals surface area contributed by atoms with Gasteiger partial charge in [-0.2, -0.15) is 0 Å². The van der Waals surface area contributed by atoms with Gasteiger partial charge in [-0.3, -0.25) is 0 Å². The van der Waals surface area contributed by atoms with E-state index < -0.39 is 0 Å². The summed E-state index contributed by atoms with van der Waals surface area (Å²) in [6.07, 6.45) is 0. The molecule has 0 amide bonds. The molecule has 0 saturated heterocycles. The Morgan fingerprint density at radius 3 is 1.43 bits per heavy atom. The molecule has 262 valence electrons. The van der Waals surface area contributed by atoms with Gasteiger partial charge in [-0.15, -0.1) is 11.3 Å². The van der Waals surface area contributed by atoms with E-state index in [-0.39, 0.29) is 5.92 Å². The number of aromatic nitrogens is 3. The first kappa shape index (κ1) is 32.4. The average molecular weight is 732 g/mol. The van der Waals surface area contributed by atoms with E-state index in [1.54, 1.807) is 0 Å². The lowest BCUT2D eigenvalue weighted by molar-refractivity contribution is 1.02. The summed E-state index contributed by atoms with van der Waals surface area (Å²) >= 11 is 1.91. The van der Waals surface area contributed by atoms with E-state index in [0.29, 0.717) is 17.5 Å². The molecule has 0 spiro atoms. The molecule has 1 unspecified atom stereocenters. The van der Waals surface area contributed by atoms with Gasteiger partial charge in [0.05, 0.1) is 0 Å². The lowest BCUT2D eigenvalue weighted by atomic mass is 9.79. The van der Waals surface area contributed by atoms with Crippen LogP contribution in [0.25, 0.3) is 87.7 Å². The van der Waals surface area contributed by atoms with Crippen molar-refractivity contribution in [3.63, 3.8) is 0 Å². The first-order chi connectivity index (χ1) is 27.8. The van der Waals surface area contributed by atoms with Crippen LogP contribution in [0.2, 0.25) is 0 Å². The lowest BCUT2D eigenvalue weighted by Crippen LogP contribution is -2.06. The number of rotatable bonds is 6. The summed E-state index contributed by atoms with van der Waals surface area (Å²) in [5.74, 6) is 1.92. The monoisotopic (exact) mass is 731 g/mol. The quantitative estimate of drug-likeness (QED) is 0.171. The van der Waals surface area contributed by atoms with E-state index in [1.165, 1.54) is 48.0 Å². The maximum Gasteiger partial charge on any atom is 0.164 e. The van der Waals surface area contributed by atoms with Crippen LogP contribution in [-0.4, -0.2) is 15.0 Å². The third kappa shape index (κ3) is 5.37. The van der Waals surface area contributed by atoms with Crippen molar-refractivity contribution >= 4 is 31.5 Å². The predicted octanol–water partition coefficient (Wildman–Crippen LogP) is 13.7. The van der Waals surface area contributed by atoms with Crippen molar-refractivity contribution < 1.29 is 0 Å². The van der Waals surface area contributed by atoms with Crippen molar-refractivity contribution in [2.45, 2.75) is 5.92 Å². The molecular formula is C52H33N3S. The molecular weight excluding hydrogens is 699 g/mol. The van der Waals surface area contributed by atoms with Gasteiger partial charge in [0.1, 0.15) is 0 Å². The van der Waals surface area contributed by atoms with Gasteiger partial charge in [0.15, 0.2) is 17.5 Å². The lowest BCUT2D eigenvalue weighted by Gasteiger charge is -2.24. The van der Waals surface area contributed by atoms with Crippen molar-refractivity contribution in [1.29, 1.82) is 0 Å². The van der Waals surface area contributed by atoms with Gasteiger partial charge < -0.3 is 0 Å². The Kier molecular flexibility index (Phi) is 7.75. The summed E-state index contributed by atoms with van der Waals surface area (Å²) in [6, 6.07) is 69.2. The second-order valence-electron chi connectivity index (χ2n) is 14.3. The Balaban J connectivity index is 1.22. The minimum absolute atomic E-state index is 0.00612. The summed E-state index contributed by atoms with van der Waals surface area (Å²) in [6.45, 7) is 0. The molecule has 4 heteroatoms. The number of fused-ring (bicyclic) bond motifs is 7. The normalized spacial score (nSPS) is 13.2. The average Bonchev–Trinajstić information content (AvgIpc) is 3.83. The van der Waals surface area contributed by atoms with Crippen LogP contribution in [0.15, 0.2) is 194 Å². The van der Waals surface area contributed by atoms with Gasteiger partial charge in [0.25, 0.3) is 0 Å². The van der Waals surface area contributed by atoms with Crippen LogP contribution in [0.4, 0.5) is 0 Å². The topological polar surface area (TPSA) is 38.7 Å². The minimum atomic E-state index is -0.00612. The SMILES string of the molecule is c1ccc(-c2nc(-c3ccccc3)nc(-c3cc(-c4ccccc4)c(C4c5ccccc5-c5c4ccc4c5sc5ccccc54)c(-c4ccccc4)c3)n2)cc1. The van der Waals surface area contributed by atoms with Gasteiger partial charge in [0, 0.05) is 48.3 Å². The van der Waals surface area contributed by atoms with Crippen molar-refractivity contribution in [3.8, 4) is 67.5 Å². The van der Waals surface area contributed by atoms with Crippen molar-refractivity contribution in [2.75, 3.05) is 0 Å². The fourth-order valence-electron chi connectivity index (χ4n) is 8.52. The molecule has 0 saturated carbocycles. The zero-order chi connectivity index (χ0) is 37.0. The van der Waals surface area contributed by atoms with E-state index in [9.17, 15) is 0 Å². The number of thiophene rings is 1. The molecule has 56 heavy (non-hydrogen) atoms. The molecule has 0 aliphatic heterocycles. The molecule has 1 atom stereocenters. The molecule has 0 fully saturated rings. The van der Waals surface area contributed by atoms with E-state index >= 15 is 0 Å². The molecule has 1 aliphatic rings. The first-order valence-electron chi connectivity index (χ1n) is 19.0. The van der Waals surface area contributed by atoms with Gasteiger partial charge >= 0.3 is 0 Å². The zero-order valence-electron chi connectivity index (χ0n) is 30.3. The number of nitrogens with zero attached hydrogens (tertiary/aromatic N) is 3. The Labute approximate surface area is 329 Å². The maximum atomic E-state index is 5.20. The Bertz CT molecular complexity index is 2950. The van der Waals surface area contributed by atoms with Crippen molar-refractivity contribution in [2.24, 2.45) is 0 Å². The van der Waals surface area contributed by atoms with Gasteiger partial charge in [-0.25, -0.2) is 15.0 Å². The molecule has 1 aliphatic carbocycles. The van der Waals surface area contributed by atoms with E-state index in [2.05, 4.69) is 158 Å². The smallest absolute Gasteiger partial charge is 0.164 e. The van der Waals surface area contributed by atoms with Gasteiger partial charge in [-0.05, 0) is 62.7 Å². The standard InChI is InChI=1S/C52H33N3S/c1-5-17-33(18-6-1)43-31-37(52-54-50(35-21-9-3-10-22-35)53-51(55-52)36-23-11-4-12-24-36)32-44(34-19-7-2-8-20-34)47(43)46-39-26-13-14-27-40(39)48-42(46)30-29-41-38-25-15-16-28-45(38)56-49(41)48/h1-32,46H.